The Hall–Kier alpha value is -1.53. The summed E-state index contributed by atoms with van der Waals surface area (Å²) in [6.07, 6.45) is 4.20. The minimum absolute atomic E-state index is 0.103. The molecule has 25 heavy (non-hydrogen) atoms. The van der Waals surface area contributed by atoms with E-state index >= 15 is 0 Å². The van der Waals surface area contributed by atoms with E-state index in [2.05, 4.69) is 34.8 Å². The number of benzene rings is 1. The lowest BCUT2D eigenvalue weighted by Gasteiger charge is -2.23. The molecule has 1 aliphatic heterocycles. The number of fused-ring (bicyclic) bond motifs is 1. The van der Waals surface area contributed by atoms with Crippen molar-refractivity contribution >= 4 is 39.0 Å². The molecule has 1 aliphatic rings. The molecule has 0 bridgehead atoms. The minimum Gasteiger partial charge on any atom is -0.497 e. The van der Waals surface area contributed by atoms with Crippen molar-refractivity contribution in [3.8, 4) is 5.75 Å². The standard InChI is InChI=1S/C18H21BrClN3O2/c1-4-12(5-2)23-10-15(20)21-17(18(23)24)22-7-6-11-8-13(25-3)9-14(19)16(11)22/h8-10,12H,4-7H2,1-3H3. The highest BCUT2D eigenvalue weighted by molar-refractivity contribution is 9.10. The molecule has 0 radical (unpaired) electrons. The maximum absolute atomic E-state index is 13.1. The van der Waals surface area contributed by atoms with Crippen LogP contribution in [0.3, 0.4) is 0 Å². The van der Waals surface area contributed by atoms with Crippen molar-refractivity contribution in [1.29, 1.82) is 0 Å². The first kappa shape index (κ1) is 18.3. The van der Waals surface area contributed by atoms with Crippen LogP contribution in [-0.2, 0) is 6.42 Å². The van der Waals surface area contributed by atoms with Crippen molar-refractivity contribution in [3.63, 3.8) is 0 Å². The van der Waals surface area contributed by atoms with Gasteiger partial charge < -0.3 is 14.2 Å². The van der Waals surface area contributed by atoms with Crippen LogP contribution in [0.4, 0.5) is 11.5 Å². The fraction of sp³-hybridized carbons (Fsp3) is 0.444. The third kappa shape index (κ3) is 3.29. The van der Waals surface area contributed by atoms with E-state index in [1.165, 1.54) is 0 Å². The largest absolute Gasteiger partial charge is 0.497 e. The maximum Gasteiger partial charge on any atom is 0.294 e. The topological polar surface area (TPSA) is 47.4 Å². The van der Waals surface area contributed by atoms with Crippen LogP contribution >= 0.6 is 27.5 Å². The molecule has 0 fully saturated rings. The molecule has 0 unspecified atom stereocenters. The fourth-order valence-electron chi connectivity index (χ4n) is 3.39. The summed E-state index contributed by atoms with van der Waals surface area (Å²) in [7, 11) is 1.65. The average Bonchev–Trinajstić information content (AvgIpc) is 3.02. The highest BCUT2D eigenvalue weighted by Gasteiger charge is 2.28. The lowest BCUT2D eigenvalue weighted by Crippen LogP contribution is -2.31. The predicted molar refractivity (Wildman–Crippen MR) is 105 cm³/mol. The second-order valence-corrected chi connectivity index (χ2v) is 7.33. The number of hydrogen-bond acceptors (Lipinski definition) is 4. The molecule has 0 atom stereocenters. The van der Waals surface area contributed by atoms with E-state index in [9.17, 15) is 4.79 Å². The summed E-state index contributed by atoms with van der Waals surface area (Å²) in [5.41, 5.74) is 1.99. The van der Waals surface area contributed by atoms with Gasteiger partial charge in [-0.05, 0) is 52.9 Å². The third-order valence-corrected chi connectivity index (χ3v) is 5.49. The number of anilines is 2. The molecule has 1 aromatic carbocycles. The van der Waals surface area contributed by atoms with Gasteiger partial charge in [0.25, 0.3) is 5.56 Å². The highest BCUT2D eigenvalue weighted by atomic mass is 79.9. The van der Waals surface area contributed by atoms with Crippen molar-refractivity contribution in [2.24, 2.45) is 0 Å². The van der Waals surface area contributed by atoms with Crippen LogP contribution in [0, 0.1) is 0 Å². The summed E-state index contributed by atoms with van der Waals surface area (Å²) in [5, 5.41) is 0.333. The Labute approximate surface area is 160 Å². The van der Waals surface area contributed by atoms with Crippen LogP contribution in [0.25, 0.3) is 0 Å². The van der Waals surface area contributed by atoms with Crippen LogP contribution < -0.4 is 15.2 Å². The highest BCUT2D eigenvalue weighted by Crippen LogP contribution is 2.41. The number of aromatic nitrogens is 2. The Morgan fingerprint density at radius 2 is 2.08 bits per heavy atom. The molecule has 3 rings (SSSR count). The van der Waals surface area contributed by atoms with Crippen LogP contribution in [0.15, 0.2) is 27.6 Å². The first-order chi connectivity index (χ1) is 12.0. The normalized spacial score (nSPS) is 13.4. The quantitative estimate of drug-likeness (QED) is 0.694. The zero-order chi connectivity index (χ0) is 18.1. The molecule has 1 aromatic heterocycles. The van der Waals surface area contributed by atoms with E-state index in [0.29, 0.717) is 17.5 Å². The summed E-state index contributed by atoms with van der Waals surface area (Å²) < 4.78 is 7.94. The van der Waals surface area contributed by atoms with Crippen molar-refractivity contribution in [3.05, 3.63) is 43.9 Å². The molecule has 7 heteroatoms. The Morgan fingerprint density at radius 1 is 1.36 bits per heavy atom. The monoisotopic (exact) mass is 425 g/mol. The van der Waals surface area contributed by atoms with Crippen molar-refractivity contribution in [2.75, 3.05) is 18.6 Å². The molecule has 0 saturated carbocycles. The van der Waals surface area contributed by atoms with Crippen molar-refractivity contribution in [2.45, 2.75) is 39.2 Å². The number of ether oxygens (including phenoxy) is 1. The lowest BCUT2D eigenvalue weighted by atomic mass is 10.1. The minimum atomic E-state index is -0.103. The summed E-state index contributed by atoms with van der Waals surface area (Å²) in [4.78, 5) is 19.4. The van der Waals surface area contributed by atoms with E-state index in [1.54, 1.807) is 17.9 Å². The van der Waals surface area contributed by atoms with Crippen LogP contribution in [-0.4, -0.2) is 23.2 Å². The zero-order valence-corrected chi connectivity index (χ0v) is 16.9. The molecule has 134 valence electrons. The molecular weight excluding hydrogens is 406 g/mol. The van der Waals surface area contributed by atoms with Crippen molar-refractivity contribution in [1.82, 2.24) is 9.55 Å². The molecule has 0 spiro atoms. The molecule has 0 N–H and O–H groups in total. The van der Waals surface area contributed by atoms with E-state index in [1.807, 2.05) is 17.0 Å². The van der Waals surface area contributed by atoms with Gasteiger partial charge in [-0.15, -0.1) is 0 Å². The van der Waals surface area contributed by atoms with Gasteiger partial charge in [0.1, 0.15) is 10.9 Å². The first-order valence-electron chi connectivity index (χ1n) is 8.42. The Morgan fingerprint density at radius 3 is 2.72 bits per heavy atom. The van der Waals surface area contributed by atoms with E-state index in [4.69, 9.17) is 16.3 Å². The van der Waals surface area contributed by atoms with Gasteiger partial charge in [0.15, 0.2) is 0 Å². The van der Waals surface area contributed by atoms with Gasteiger partial charge in [-0.25, -0.2) is 4.98 Å². The Bertz CT molecular complexity index is 849. The Balaban J connectivity index is 2.13. The third-order valence-electron chi connectivity index (χ3n) is 4.70. The molecular formula is C18H21BrClN3O2. The van der Waals surface area contributed by atoms with Gasteiger partial charge in [0.05, 0.1) is 12.8 Å². The second-order valence-electron chi connectivity index (χ2n) is 6.09. The van der Waals surface area contributed by atoms with E-state index in [-0.39, 0.29) is 11.6 Å². The van der Waals surface area contributed by atoms with Gasteiger partial charge in [0, 0.05) is 23.3 Å². The molecule has 2 heterocycles. The van der Waals surface area contributed by atoms with E-state index in [0.717, 1.165) is 40.7 Å². The molecule has 2 aromatic rings. The average molecular weight is 427 g/mol. The SMILES string of the molecule is CCC(CC)n1cc(Cl)nc(N2CCc3cc(OC)cc(Br)c32)c1=O. The second kappa shape index (κ2) is 7.38. The number of nitrogens with zero attached hydrogens (tertiary/aromatic N) is 3. The van der Waals surface area contributed by atoms with Crippen LogP contribution in [0.2, 0.25) is 5.15 Å². The van der Waals surface area contributed by atoms with Gasteiger partial charge >= 0.3 is 0 Å². The molecule has 5 nitrogen and oxygen atoms in total. The fourth-order valence-corrected chi connectivity index (χ4v) is 4.27. The lowest BCUT2D eigenvalue weighted by molar-refractivity contribution is 0.414. The number of rotatable bonds is 5. The van der Waals surface area contributed by atoms with Gasteiger partial charge in [-0.2, -0.15) is 0 Å². The summed E-state index contributed by atoms with van der Waals surface area (Å²) in [6.45, 7) is 4.83. The number of methoxy groups -OCH3 is 1. The van der Waals surface area contributed by atoms with Gasteiger partial charge in [-0.1, -0.05) is 25.4 Å². The van der Waals surface area contributed by atoms with E-state index < -0.39 is 0 Å². The van der Waals surface area contributed by atoms with Crippen molar-refractivity contribution < 1.29 is 4.74 Å². The number of halogens is 2. The van der Waals surface area contributed by atoms with Gasteiger partial charge in [0.2, 0.25) is 5.82 Å². The zero-order valence-electron chi connectivity index (χ0n) is 14.6. The summed E-state index contributed by atoms with van der Waals surface area (Å²) >= 11 is 9.85. The maximum atomic E-state index is 13.1. The van der Waals surface area contributed by atoms with Crippen LogP contribution in [0.1, 0.15) is 38.3 Å². The molecule has 0 saturated heterocycles. The smallest absolute Gasteiger partial charge is 0.294 e. The van der Waals surface area contributed by atoms with Gasteiger partial charge in [-0.3, -0.25) is 4.79 Å². The molecule has 0 amide bonds. The predicted octanol–water partition coefficient (Wildman–Crippen LogP) is 4.72. The Kier molecular flexibility index (Phi) is 5.39. The molecule has 0 aliphatic carbocycles. The summed E-state index contributed by atoms with van der Waals surface area (Å²) in [5.74, 6) is 1.17. The number of hydrogen-bond donors (Lipinski definition) is 0. The summed E-state index contributed by atoms with van der Waals surface area (Å²) in [6, 6.07) is 4.03. The van der Waals surface area contributed by atoms with Crippen LogP contribution in [0.5, 0.6) is 5.75 Å². The first-order valence-corrected chi connectivity index (χ1v) is 9.59.